The molecule has 0 spiro atoms. The highest BCUT2D eigenvalue weighted by molar-refractivity contribution is 5.91. The van der Waals surface area contributed by atoms with E-state index in [0.717, 1.165) is 11.1 Å². The summed E-state index contributed by atoms with van der Waals surface area (Å²) in [6, 6.07) is 14.4. The summed E-state index contributed by atoms with van der Waals surface area (Å²) < 4.78 is 5.64. The van der Waals surface area contributed by atoms with Crippen LogP contribution in [0, 0.1) is 0 Å². The van der Waals surface area contributed by atoms with Crippen molar-refractivity contribution in [1.29, 1.82) is 0 Å². The van der Waals surface area contributed by atoms with Crippen molar-refractivity contribution >= 4 is 5.97 Å². The standard InChI is InChI=1S/C19H19N3O3/c20-16(12-25-11-13-4-2-1-3-5-13)18-15(19(23)24)10-17(22-18)14-6-8-21-9-7-14/h1-10,16,22H,11-12,20H2,(H,23,24). The van der Waals surface area contributed by atoms with Gasteiger partial charge in [0, 0.05) is 29.3 Å². The van der Waals surface area contributed by atoms with Gasteiger partial charge in [0.15, 0.2) is 0 Å². The normalized spacial score (nSPS) is 12.0. The lowest BCUT2D eigenvalue weighted by atomic mass is 10.1. The summed E-state index contributed by atoms with van der Waals surface area (Å²) in [5.41, 5.74) is 9.34. The third kappa shape index (κ3) is 4.12. The van der Waals surface area contributed by atoms with E-state index in [1.807, 2.05) is 30.3 Å². The van der Waals surface area contributed by atoms with Crippen LogP contribution in [0.15, 0.2) is 60.9 Å². The lowest BCUT2D eigenvalue weighted by molar-refractivity contribution is 0.0692. The largest absolute Gasteiger partial charge is 0.478 e. The van der Waals surface area contributed by atoms with Gasteiger partial charge in [0.25, 0.3) is 0 Å². The minimum absolute atomic E-state index is 0.155. The number of aromatic nitrogens is 2. The molecule has 2 aromatic heterocycles. The predicted molar refractivity (Wildman–Crippen MR) is 94.0 cm³/mol. The first-order chi connectivity index (χ1) is 12.1. The monoisotopic (exact) mass is 337 g/mol. The molecule has 0 amide bonds. The molecule has 3 rings (SSSR count). The van der Waals surface area contributed by atoms with E-state index in [0.29, 0.717) is 18.0 Å². The molecular formula is C19H19N3O3. The molecule has 0 aliphatic carbocycles. The zero-order valence-corrected chi connectivity index (χ0v) is 13.6. The first-order valence-electron chi connectivity index (χ1n) is 7.89. The molecule has 3 aromatic rings. The molecule has 1 unspecified atom stereocenters. The summed E-state index contributed by atoms with van der Waals surface area (Å²) in [6.45, 7) is 0.639. The van der Waals surface area contributed by atoms with Crippen LogP contribution in [-0.2, 0) is 11.3 Å². The molecule has 128 valence electrons. The molecule has 0 aliphatic heterocycles. The summed E-state index contributed by atoms with van der Waals surface area (Å²) in [7, 11) is 0. The lowest BCUT2D eigenvalue weighted by Crippen LogP contribution is -2.20. The van der Waals surface area contributed by atoms with Crippen LogP contribution in [0.5, 0.6) is 0 Å². The van der Waals surface area contributed by atoms with E-state index < -0.39 is 12.0 Å². The molecule has 4 N–H and O–H groups in total. The van der Waals surface area contributed by atoms with Gasteiger partial charge in [-0.2, -0.15) is 0 Å². The average Bonchev–Trinajstić information content (AvgIpc) is 3.09. The number of nitrogens with one attached hydrogen (secondary N) is 1. The summed E-state index contributed by atoms with van der Waals surface area (Å²) >= 11 is 0. The number of carboxylic acid groups (broad SMARTS) is 1. The molecule has 1 aromatic carbocycles. The Labute approximate surface area is 145 Å². The number of hydrogen-bond acceptors (Lipinski definition) is 4. The zero-order valence-electron chi connectivity index (χ0n) is 13.6. The van der Waals surface area contributed by atoms with Crippen molar-refractivity contribution in [3.05, 3.63) is 77.7 Å². The van der Waals surface area contributed by atoms with Gasteiger partial charge in [0.2, 0.25) is 0 Å². The van der Waals surface area contributed by atoms with E-state index in [-0.39, 0.29) is 12.2 Å². The number of aromatic carboxylic acids is 1. The van der Waals surface area contributed by atoms with Gasteiger partial charge >= 0.3 is 5.97 Å². The molecule has 0 fully saturated rings. The first-order valence-corrected chi connectivity index (χ1v) is 7.89. The molecule has 0 radical (unpaired) electrons. The summed E-state index contributed by atoms with van der Waals surface area (Å²) in [5.74, 6) is -1.02. The second-order valence-electron chi connectivity index (χ2n) is 5.66. The van der Waals surface area contributed by atoms with Gasteiger partial charge in [-0.25, -0.2) is 4.79 Å². The Kier molecular flexibility index (Phi) is 5.23. The van der Waals surface area contributed by atoms with E-state index in [9.17, 15) is 9.90 Å². The van der Waals surface area contributed by atoms with Crippen LogP contribution in [0.2, 0.25) is 0 Å². The van der Waals surface area contributed by atoms with Crippen LogP contribution in [0.1, 0.15) is 27.7 Å². The Morgan fingerprint density at radius 2 is 1.92 bits per heavy atom. The van der Waals surface area contributed by atoms with Gasteiger partial charge < -0.3 is 20.6 Å². The number of H-pyrrole nitrogens is 1. The first kappa shape index (κ1) is 16.9. The highest BCUT2D eigenvalue weighted by atomic mass is 16.5. The van der Waals surface area contributed by atoms with Gasteiger partial charge in [-0.1, -0.05) is 30.3 Å². The second-order valence-corrected chi connectivity index (χ2v) is 5.66. The Morgan fingerprint density at radius 3 is 2.60 bits per heavy atom. The highest BCUT2D eigenvalue weighted by Crippen LogP contribution is 2.25. The number of aromatic amines is 1. The van der Waals surface area contributed by atoms with E-state index in [2.05, 4.69) is 9.97 Å². The van der Waals surface area contributed by atoms with Crippen LogP contribution in [-0.4, -0.2) is 27.7 Å². The molecule has 0 bridgehead atoms. The van der Waals surface area contributed by atoms with Crippen LogP contribution < -0.4 is 5.73 Å². The molecule has 0 saturated heterocycles. The minimum atomic E-state index is -1.02. The van der Waals surface area contributed by atoms with Crippen LogP contribution >= 0.6 is 0 Å². The molecule has 25 heavy (non-hydrogen) atoms. The third-order valence-corrected chi connectivity index (χ3v) is 3.85. The van der Waals surface area contributed by atoms with Gasteiger partial charge in [-0.15, -0.1) is 0 Å². The number of nitrogens with zero attached hydrogens (tertiary/aromatic N) is 1. The number of rotatable bonds is 7. The van der Waals surface area contributed by atoms with Crippen molar-refractivity contribution < 1.29 is 14.6 Å². The minimum Gasteiger partial charge on any atom is -0.478 e. The lowest BCUT2D eigenvalue weighted by Gasteiger charge is -2.12. The maximum Gasteiger partial charge on any atom is 0.337 e. The predicted octanol–water partition coefficient (Wildman–Crippen LogP) is 2.99. The summed E-state index contributed by atoms with van der Waals surface area (Å²) in [4.78, 5) is 18.6. The third-order valence-electron chi connectivity index (χ3n) is 3.85. The molecule has 0 aliphatic rings. The van der Waals surface area contributed by atoms with Crippen LogP contribution in [0.4, 0.5) is 0 Å². The Hall–Kier alpha value is -2.96. The molecule has 6 heteroatoms. The average molecular weight is 337 g/mol. The van der Waals surface area contributed by atoms with Crippen molar-refractivity contribution in [2.45, 2.75) is 12.6 Å². The molecule has 6 nitrogen and oxygen atoms in total. The maximum absolute atomic E-state index is 11.5. The number of carbonyl (C=O) groups is 1. The smallest absolute Gasteiger partial charge is 0.337 e. The maximum atomic E-state index is 11.5. The number of nitrogens with two attached hydrogens (primary N) is 1. The summed E-state index contributed by atoms with van der Waals surface area (Å²) in [6.07, 6.45) is 3.30. The number of ether oxygens (including phenoxy) is 1. The van der Waals surface area contributed by atoms with Gasteiger partial charge in [0.05, 0.1) is 24.8 Å². The van der Waals surface area contributed by atoms with Crippen LogP contribution in [0.25, 0.3) is 11.3 Å². The van der Waals surface area contributed by atoms with Crippen LogP contribution in [0.3, 0.4) is 0 Å². The van der Waals surface area contributed by atoms with Crippen molar-refractivity contribution in [3.8, 4) is 11.3 Å². The van der Waals surface area contributed by atoms with E-state index in [1.54, 1.807) is 30.6 Å². The number of benzene rings is 1. The molecule has 0 saturated carbocycles. The van der Waals surface area contributed by atoms with Gasteiger partial charge in [-0.05, 0) is 23.8 Å². The molecule has 1 atom stereocenters. The topological polar surface area (TPSA) is 101 Å². The number of pyridine rings is 1. The quantitative estimate of drug-likeness (QED) is 0.615. The highest BCUT2D eigenvalue weighted by Gasteiger charge is 2.20. The van der Waals surface area contributed by atoms with E-state index in [1.165, 1.54) is 0 Å². The fourth-order valence-corrected chi connectivity index (χ4v) is 2.59. The van der Waals surface area contributed by atoms with Crippen molar-refractivity contribution in [2.24, 2.45) is 5.73 Å². The second kappa shape index (κ2) is 7.74. The summed E-state index contributed by atoms with van der Waals surface area (Å²) in [5, 5.41) is 9.45. The fraction of sp³-hybridized carbons (Fsp3) is 0.158. The SMILES string of the molecule is NC(COCc1ccccc1)c1[nH]c(-c2ccncc2)cc1C(=O)O. The molecule has 2 heterocycles. The van der Waals surface area contributed by atoms with Gasteiger partial charge in [-0.3, -0.25) is 4.98 Å². The number of hydrogen-bond donors (Lipinski definition) is 3. The van der Waals surface area contributed by atoms with Crippen molar-refractivity contribution in [3.63, 3.8) is 0 Å². The Morgan fingerprint density at radius 1 is 1.20 bits per heavy atom. The van der Waals surface area contributed by atoms with Crippen molar-refractivity contribution in [1.82, 2.24) is 9.97 Å². The van der Waals surface area contributed by atoms with E-state index >= 15 is 0 Å². The molecular weight excluding hydrogens is 318 g/mol. The zero-order chi connectivity index (χ0) is 17.6. The Balaban J connectivity index is 1.73. The fourth-order valence-electron chi connectivity index (χ4n) is 2.59. The number of carboxylic acids is 1. The Bertz CT molecular complexity index is 832. The van der Waals surface area contributed by atoms with Crippen molar-refractivity contribution in [2.75, 3.05) is 6.61 Å². The van der Waals surface area contributed by atoms with E-state index in [4.69, 9.17) is 10.5 Å². The van der Waals surface area contributed by atoms with Gasteiger partial charge in [0.1, 0.15) is 0 Å².